The van der Waals surface area contributed by atoms with E-state index < -0.39 is 7.82 Å². The molecule has 4 N–H and O–H groups in total. The van der Waals surface area contributed by atoms with Crippen LogP contribution in [-0.4, -0.2) is 20.0 Å². The van der Waals surface area contributed by atoms with Gasteiger partial charge in [0.2, 0.25) is 0 Å². The van der Waals surface area contributed by atoms with Crippen LogP contribution in [0, 0.1) is 0 Å². The highest BCUT2D eigenvalue weighted by atomic mass is 31.2. The topological polar surface area (TPSA) is 107 Å². The van der Waals surface area contributed by atoms with E-state index >= 15 is 0 Å². The summed E-state index contributed by atoms with van der Waals surface area (Å²) in [7, 11) is -4.67. The predicted molar refractivity (Wildman–Crippen MR) is 77.8 cm³/mol. The lowest BCUT2D eigenvalue weighted by Gasteiger charge is -2.08. The Morgan fingerprint density at radius 1 is 0.857 bits per heavy atom. The number of phosphoric ester groups is 1. The third-order valence-electron chi connectivity index (χ3n) is 2.50. The minimum atomic E-state index is -4.67. The van der Waals surface area contributed by atoms with Gasteiger partial charge in [-0.1, -0.05) is 24.3 Å². The fourth-order valence-corrected chi connectivity index (χ4v) is 2.05. The first kappa shape index (κ1) is 15.1. The summed E-state index contributed by atoms with van der Waals surface area (Å²) in [6.45, 7) is 0. The van der Waals surface area contributed by atoms with E-state index in [1.54, 1.807) is 24.3 Å². The molecule has 6 nitrogen and oxygen atoms in total. The molecule has 110 valence electrons. The van der Waals surface area contributed by atoms with Crippen molar-refractivity contribution in [3.63, 3.8) is 0 Å². The van der Waals surface area contributed by atoms with Gasteiger partial charge < -0.3 is 14.7 Å². The quantitative estimate of drug-likeness (QED) is 0.511. The van der Waals surface area contributed by atoms with Gasteiger partial charge in [0.15, 0.2) is 0 Å². The van der Waals surface area contributed by atoms with E-state index in [1.165, 1.54) is 24.3 Å². The maximum atomic E-state index is 10.8. The minimum Gasteiger partial charge on any atom is -0.508 e. The summed E-state index contributed by atoms with van der Waals surface area (Å²) in [5, 5.41) is 18.7. The van der Waals surface area contributed by atoms with Crippen LogP contribution in [0.4, 0.5) is 0 Å². The van der Waals surface area contributed by atoms with Gasteiger partial charge in [0.1, 0.15) is 17.2 Å². The van der Waals surface area contributed by atoms with E-state index in [0.717, 1.165) is 11.6 Å². The Bertz CT molecular complexity index is 702. The second-order valence-corrected chi connectivity index (χ2v) is 5.43. The highest BCUT2D eigenvalue weighted by Crippen LogP contribution is 2.39. The van der Waals surface area contributed by atoms with Crippen molar-refractivity contribution < 1.29 is 29.1 Å². The summed E-state index contributed by atoms with van der Waals surface area (Å²) in [5.41, 5.74) is 1.32. The molecule has 21 heavy (non-hydrogen) atoms. The molecular formula is C14H13O6P. The summed E-state index contributed by atoms with van der Waals surface area (Å²) in [6, 6.07) is 10.4. The van der Waals surface area contributed by atoms with Gasteiger partial charge in [-0.05, 0) is 35.4 Å². The van der Waals surface area contributed by atoms with E-state index in [0.29, 0.717) is 5.56 Å². The molecule has 7 heteroatoms. The van der Waals surface area contributed by atoms with Gasteiger partial charge in [-0.2, -0.15) is 0 Å². The van der Waals surface area contributed by atoms with Crippen molar-refractivity contribution in [1.82, 2.24) is 0 Å². The molecule has 0 fully saturated rings. The Balaban J connectivity index is 2.23. The second kappa shape index (κ2) is 6.01. The predicted octanol–water partition coefficient (Wildman–Crippen LogP) is 2.74. The number of phenols is 2. The summed E-state index contributed by atoms with van der Waals surface area (Å²) in [4.78, 5) is 17.5. The van der Waals surface area contributed by atoms with Gasteiger partial charge in [-0.15, -0.1) is 0 Å². The highest BCUT2D eigenvalue weighted by molar-refractivity contribution is 7.46. The second-order valence-electron chi connectivity index (χ2n) is 4.27. The molecule has 0 atom stereocenters. The normalized spacial score (nSPS) is 11.7. The Morgan fingerprint density at radius 2 is 1.48 bits per heavy atom. The SMILES string of the molecule is O=P(O)(O)Oc1cc(O)cc(/C=C/c2ccc(O)cc2)c1. The molecule has 0 bridgehead atoms. The number of rotatable bonds is 4. The average Bonchev–Trinajstić information content (AvgIpc) is 2.35. The summed E-state index contributed by atoms with van der Waals surface area (Å²) in [5.74, 6) is -0.151. The third kappa shape index (κ3) is 4.96. The van der Waals surface area contributed by atoms with Crippen molar-refractivity contribution in [1.29, 1.82) is 0 Å². The van der Waals surface area contributed by atoms with E-state index in [-0.39, 0.29) is 17.2 Å². The fourth-order valence-electron chi connectivity index (χ4n) is 1.67. The van der Waals surface area contributed by atoms with Crippen LogP contribution in [0.1, 0.15) is 11.1 Å². The monoisotopic (exact) mass is 308 g/mol. The van der Waals surface area contributed by atoms with Gasteiger partial charge in [-0.3, -0.25) is 9.79 Å². The summed E-state index contributed by atoms with van der Waals surface area (Å²) >= 11 is 0. The van der Waals surface area contributed by atoms with Gasteiger partial charge in [0.25, 0.3) is 0 Å². The molecule has 0 aliphatic heterocycles. The van der Waals surface area contributed by atoms with Crippen molar-refractivity contribution in [2.75, 3.05) is 0 Å². The molecule has 2 aromatic rings. The Morgan fingerprint density at radius 3 is 2.10 bits per heavy atom. The van der Waals surface area contributed by atoms with Crippen LogP contribution in [0.2, 0.25) is 0 Å². The maximum absolute atomic E-state index is 10.8. The number of phosphoric acid groups is 1. The molecule has 0 saturated heterocycles. The van der Waals surface area contributed by atoms with E-state index in [4.69, 9.17) is 9.79 Å². The van der Waals surface area contributed by atoms with Gasteiger partial charge in [0.05, 0.1) is 0 Å². The van der Waals surface area contributed by atoms with Crippen LogP contribution >= 0.6 is 7.82 Å². The van der Waals surface area contributed by atoms with Gasteiger partial charge in [-0.25, -0.2) is 4.57 Å². The standard InChI is InChI=1S/C14H13O6P/c15-12-5-3-10(4-6-12)1-2-11-7-13(16)9-14(8-11)20-21(17,18)19/h1-9,15-16H,(H2,17,18,19)/b2-1+. The average molecular weight is 308 g/mol. The van der Waals surface area contributed by atoms with Crippen LogP contribution in [-0.2, 0) is 4.57 Å². The summed E-state index contributed by atoms with van der Waals surface area (Å²) in [6.07, 6.45) is 3.36. The molecule has 0 saturated carbocycles. The molecule has 0 aromatic heterocycles. The lowest BCUT2D eigenvalue weighted by atomic mass is 10.1. The Hall–Kier alpha value is -2.27. The molecule has 2 aromatic carbocycles. The zero-order valence-electron chi connectivity index (χ0n) is 10.7. The number of benzene rings is 2. The minimum absolute atomic E-state index is 0.131. The molecule has 0 aliphatic carbocycles. The Labute approximate surface area is 120 Å². The maximum Gasteiger partial charge on any atom is 0.524 e. The molecule has 0 radical (unpaired) electrons. The number of hydrogen-bond donors (Lipinski definition) is 4. The molecule has 0 heterocycles. The third-order valence-corrected chi connectivity index (χ3v) is 2.95. The van der Waals surface area contributed by atoms with Gasteiger partial charge in [0, 0.05) is 6.07 Å². The number of phenolic OH excluding ortho intramolecular Hbond substituents is 2. The Kier molecular flexibility index (Phi) is 4.33. The molecule has 0 aliphatic rings. The van der Waals surface area contributed by atoms with Crippen LogP contribution in [0.25, 0.3) is 12.2 Å². The van der Waals surface area contributed by atoms with Crippen molar-refractivity contribution in [2.24, 2.45) is 0 Å². The van der Waals surface area contributed by atoms with Crippen LogP contribution in [0.15, 0.2) is 42.5 Å². The van der Waals surface area contributed by atoms with E-state index in [1.807, 2.05) is 0 Å². The zero-order chi connectivity index (χ0) is 15.5. The number of hydrogen-bond acceptors (Lipinski definition) is 4. The van der Waals surface area contributed by atoms with E-state index in [2.05, 4.69) is 4.52 Å². The van der Waals surface area contributed by atoms with Crippen molar-refractivity contribution >= 4 is 20.0 Å². The zero-order valence-corrected chi connectivity index (χ0v) is 11.6. The largest absolute Gasteiger partial charge is 0.524 e. The molecule has 0 spiro atoms. The first-order chi connectivity index (χ1) is 9.82. The van der Waals surface area contributed by atoms with Crippen molar-refractivity contribution in [3.05, 3.63) is 53.6 Å². The molecule has 2 rings (SSSR count). The first-order valence-electron chi connectivity index (χ1n) is 5.88. The van der Waals surface area contributed by atoms with Crippen molar-refractivity contribution in [3.8, 4) is 17.2 Å². The highest BCUT2D eigenvalue weighted by Gasteiger charge is 2.16. The van der Waals surface area contributed by atoms with E-state index in [9.17, 15) is 14.8 Å². The van der Waals surface area contributed by atoms with Crippen LogP contribution in [0.5, 0.6) is 17.2 Å². The van der Waals surface area contributed by atoms with Crippen molar-refractivity contribution in [2.45, 2.75) is 0 Å². The fraction of sp³-hybridized carbons (Fsp3) is 0. The lowest BCUT2D eigenvalue weighted by molar-refractivity contribution is 0.283. The van der Waals surface area contributed by atoms with Crippen LogP contribution < -0.4 is 4.52 Å². The van der Waals surface area contributed by atoms with Gasteiger partial charge >= 0.3 is 7.82 Å². The summed E-state index contributed by atoms with van der Waals surface area (Å²) < 4.78 is 15.2. The lowest BCUT2D eigenvalue weighted by Crippen LogP contribution is -1.90. The first-order valence-corrected chi connectivity index (χ1v) is 7.41. The smallest absolute Gasteiger partial charge is 0.508 e. The molecule has 0 unspecified atom stereocenters. The molecule has 0 amide bonds. The molecular weight excluding hydrogens is 295 g/mol. The number of aromatic hydroxyl groups is 2. The van der Waals surface area contributed by atoms with Crippen LogP contribution in [0.3, 0.4) is 0 Å².